The quantitative estimate of drug-likeness (QED) is 0.811. The molecular formula is C16H14N2O4. The lowest BCUT2D eigenvalue weighted by Crippen LogP contribution is -2.37. The normalized spacial score (nSPS) is 10.6. The van der Waals surface area contributed by atoms with Gasteiger partial charge in [0.05, 0.1) is 0 Å². The molecule has 2 heterocycles. The minimum atomic E-state index is -0.769. The minimum absolute atomic E-state index is 0.122. The first-order valence-electron chi connectivity index (χ1n) is 6.56. The first-order chi connectivity index (χ1) is 10.5. The zero-order chi connectivity index (χ0) is 16.1. The zero-order valence-corrected chi connectivity index (χ0v) is 12.1. The Morgan fingerprint density at radius 3 is 2.59 bits per heavy atom. The molecule has 0 bridgehead atoms. The molecule has 0 aliphatic heterocycles. The fourth-order valence-electron chi connectivity index (χ4n) is 1.90. The van der Waals surface area contributed by atoms with E-state index in [1.807, 2.05) is 0 Å². The molecule has 2 aromatic heterocycles. The summed E-state index contributed by atoms with van der Waals surface area (Å²) < 4.78 is 5.19. The van der Waals surface area contributed by atoms with Crippen molar-refractivity contribution in [3.63, 3.8) is 0 Å². The van der Waals surface area contributed by atoms with Crippen LogP contribution in [0, 0.1) is 0 Å². The van der Waals surface area contributed by atoms with Crippen LogP contribution >= 0.6 is 0 Å². The number of amides is 2. The van der Waals surface area contributed by atoms with Crippen LogP contribution < -0.4 is 10.5 Å². The molecule has 112 valence electrons. The van der Waals surface area contributed by atoms with E-state index in [1.165, 1.54) is 31.2 Å². The van der Waals surface area contributed by atoms with Crippen molar-refractivity contribution in [2.45, 2.75) is 13.8 Å². The van der Waals surface area contributed by atoms with Crippen molar-refractivity contribution < 1.29 is 14.0 Å². The average molecular weight is 298 g/mol. The first kappa shape index (κ1) is 15.4. The standard InChI is InChI=1S/C16H14N2O4/c1-3-5-15(20)18(11(2)19)13-7-8-14(22-16(13)21)12-6-4-9-17-10-12/h3-10H,1-2H3. The summed E-state index contributed by atoms with van der Waals surface area (Å²) in [5.74, 6) is -0.857. The summed E-state index contributed by atoms with van der Waals surface area (Å²) in [6, 6.07) is 6.35. The number of rotatable bonds is 3. The molecule has 0 atom stereocenters. The third kappa shape index (κ3) is 3.17. The van der Waals surface area contributed by atoms with E-state index in [9.17, 15) is 14.4 Å². The second-order valence-corrected chi connectivity index (χ2v) is 4.41. The monoisotopic (exact) mass is 298 g/mol. The highest BCUT2D eigenvalue weighted by Gasteiger charge is 2.22. The molecule has 2 aromatic rings. The fourth-order valence-corrected chi connectivity index (χ4v) is 1.90. The van der Waals surface area contributed by atoms with Gasteiger partial charge in [0.2, 0.25) is 5.91 Å². The van der Waals surface area contributed by atoms with Crippen molar-refractivity contribution in [1.82, 2.24) is 4.98 Å². The molecule has 0 aliphatic rings. The number of hydrogen-bond acceptors (Lipinski definition) is 5. The smallest absolute Gasteiger partial charge is 0.360 e. The second-order valence-electron chi connectivity index (χ2n) is 4.41. The van der Waals surface area contributed by atoms with Crippen molar-refractivity contribution in [1.29, 1.82) is 0 Å². The maximum Gasteiger partial charge on any atom is 0.360 e. The molecule has 0 aliphatic carbocycles. The van der Waals surface area contributed by atoms with Gasteiger partial charge in [-0.2, -0.15) is 0 Å². The molecule has 0 aromatic carbocycles. The van der Waals surface area contributed by atoms with Crippen molar-refractivity contribution in [2.75, 3.05) is 4.90 Å². The number of aromatic nitrogens is 1. The molecule has 2 amide bonds. The van der Waals surface area contributed by atoms with Gasteiger partial charge >= 0.3 is 5.63 Å². The highest BCUT2D eigenvalue weighted by molar-refractivity contribution is 6.17. The Morgan fingerprint density at radius 1 is 1.27 bits per heavy atom. The van der Waals surface area contributed by atoms with E-state index in [2.05, 4.69) is 4.98 Å². The topological polar surface area (TPSA) is 80.5 Å². The third-order valence-electron chi connectivity index (χ3n) is 2.84. The third-order valence-corrected chi connectivity index (χ3v) is 2.84. The van der Waals surface area contributed by atoms with Gasteiger partial charge in [-0.25, -0.2) is 9.69 Å². The molecule has 0 N–H and O–H groups in total. The van der Waals surface area contributed by atoms with Crippen LogP contribution in [0.25, 0.3) is 11.3 Å². The van der Waals surface area contributed by atoms with Crippen LogP contribution in [-0.4, -0.2) is 16.8 Å². The molecule has 22 heavy (non-hydrogen) atoms. The van der Waals surface area contributed by atoms with Gasteiger partial charge in [0.1, 0.15) is 11.4 Å². The summed E-state index contributed by atoms with van der Waals surface area (Å²) in [5, 5.41) is 0. The predicted molar refractivity (Wildman–Crippen MR) is 81.2 cm³/mol. The van der Waals surface area contributed by atoms with Gasteiger partial charge in [-0.3, -0.25) is 14.6 Å². The van der Waals surface area contributed by atoms with Crippen molar-refractivity contribution in [3.05, 3.63) is 59.2 Å². The van der Waals surface area contributed by atoms with E-state index >= 15 is 0 Å². The van der Waals surface area contributed by atoms with Crippen molar-refractivity contribution in [2.24, 2.45) is 0 Å². The molecular weight excluding hydrogens is 284 g/mol. The number of carbonyl (C=O) groups is 2. The Hall–Kier alpha value is -3.02. The zero-order valence-electron chi connectivity index (χ0n) is 12.1. The summed E-state index contributed by atoms with van der Waals surface area (Å²) in [6.07, 6.45) is 5.84. The van der Waals surface area contributed by atoms with Crippen molar-refractivity contribution in [3.8, 4) is 11.3 Å². The first-order valence-corrected chi connectivity index (χ1v) is 6.56. The van der Waals surface area contributed by atoms with Gasteiger partial charge in [0, 0.05) is 24.9 Å². The summed E-state index contributed by atoms with van der Waals surface area (Å²) in [4.78, 5) is 40.4. The van der Waals surface area contributed by atoms with Gasteiger partial charge < -0.3 is 4.42 Å². The van der Waals surface area contributed by atoms with E-state index < -0.39 is 17.4 Å². The fraction of sp³-hybridized carbons (Fsp3) is 0.125. The summed E-state index contributed by atoms with van der Waals surface area (Å²) in [6.45, 7) is 2.85. The van der Waals surface area contributed by atoms with Gasteiger partial charge in [0.25, 0.3) is 5.91 Å². The number of imide groups is 1. The van der Waals surface area contributed by atoms with E-state index in [0.29, 0.717) is 11.3 Å². The number of anilines is 1. The van der Waals surface area contributed by atoms with Gasteiger partial charge in [-0.15, -0.1) is 0 Å². The largest absolute Gasteiger partial charge is 0.421 e. The minimum Gasteiger partial charge on any atom is -0.421 e. The Balaban J connectivity index is 2.47. The van der Waals surface area contributed by atoms with Crippen LogP contribution in [0.15, 0.2) is 58.0 Å². The molecule has 0 saturated heterocycles. The van der Waals surface area contributed by atoms with E-state index in [4.69, 9.17) is 4.42 Å². The van der Waals surface area contributed by atoms with Crippen LogP contribution in [0.1, 0.15) is 13.8 Å². The number of pyridine rings is 1. The molecule has 0 saturated carbocycles. The van der Waals surface area contributed by atoms with Crippen LogP contribution in [0.2, 0.25) is 0 Å². The van der Waals surface area contributed by atoms with Crippen LogP contribution in [0.3, 0.4) is 0 Å². The van der Waals surface area contributed by atoms with Gasteiger partial charge in [-0.05, 0) is 37.3 Å². The molecule has 6 nitrogen and oxygen atoms in total. The Labute approximate surface area is 126 Å². The molecule has 2 rings (SSSR count). The average Bonchev–Trinajstić information content (AvgIpc) is 2.50. The van der Waals surface area contributed by atoms with E-state index in [-0.39, 0.29) is 5.69 Å². The van der Waals surface area contributed by atoms with Gasteiger partial charge in [0.15, 0.2) is 0 Å². The van der Waals surface area contributed by atoms with Crippen molar-refractivity contribution >= 4 is 17.5 Å². The lowest BCUT2D eigenvalue weighted by molar-refractivity contribution is -0.123. The van der Waals surface area contributed by atoms with Crippen LogP contribution in [-0.2, 0) is 9.59 Å². The maximum absolute atomic E-state index is 12.1. The second kappa shape index (κ2) is 6.62. The predicted octanol–water partition coefficient (Wildman–Crippen LogP) is 2.16. The van der Waals surface area contributed by atoms with E-state index in [0.717, 1.165) is 4.90 Å². The Kier molecular flexibility index (Phi) is 4.63. The van der Waals surface area contributed by atoms with Crippen LogP contribution in [0.5, 0.6) is 0 Å². The van der Waals surface area contributed by atoms with Gasteiger partial charge in [-0.1, -0.05) is 6.08 Å². The summed E-state index contributed by atoms with van der Waals surface area (Å²) in [5.41, 5.74) is -0.266. The number of hydrogen-bond donors (Lipinski definition) is 0. The molecule has 0 fully saturated rings. The Morgan fingerprint density at radius 2 is 2.05 bits per heavy atom. The van der Waals surface area contributed by atoms with E-state index in [1.54, 1.807) is 31.5 Å². The summed E-state index contributed by atoms with van der Waals surface area (Å²) in [7, 11) is 0. The SMILES string of the molecule is CC=CC(=O)N(C(C)=O)c1ccc(-c2cccnc2)oc1=O. The number of nitrogens with zero attached hydrogens (tertiary/aromatic N) is 2. The molecule has 0 unspecified atom stereocenters. The van der Waals surface area contributed by atoms with Crippen LogP contribution in [0.4, 0.5) is 5.69 Å². The molecule has 0 radical (unpaired) electrons. The lowest BCUT2D eigenvalue weighted by atomic mass is 10.2. The molecule has 0 spiro atoms. The maximum atomic E-state index is 12.1. The lowest BCUT2D eigenvalue weighted by Gasteiger charge is -2.16. The highest BCUT2D eigenvalue weighted by Crippen LogP contribution is 2.19. The Bertz CT molecular complexity index is 778. The summed E-state index contributed by atoms with van der Waals surface area (Å²) >= 11 is 0. The highest BCUT2D eigenvalue weighted by atomic mass is 16.4. The number of allylic oxidation sites excluding steroid dienone is 1. The number of carbonyl (C=O) groups excluding carboxylic acids is 2. The molecule has 6 heteroatoms.